The van der Waals surface area contributed by atoms with Gasteiger partial charge in [0, 0.05) is 30.6 Å². The normalized spacial score (nSPS) is 9.88. The number of hydrogen-bond donors (Lipinski definition) is 3. The van der Waals surface area contributed by atoms with Crippen molar-refractivity contribution in [1.29, 1.82) is 0 Å². The smallest absolute Gasteiger partial charge is 0.261 e. The van der Waals surface area contributed by atoms with E-state index in [1.165, 1.54) is 18.3 Å². The number of hydrogen-bond acceptors (Lipinski definition) is 4. The van der Waals surface area contributed by atoms with Gasteiger partial charge in [0.1, 0.15) is 0 Å². The molecule has 0 aliphatic heterocycles. The highest BCUT2D eigenvalue weighted by Crippen LogP contribution is 2.22. The number of nitrogens with two attached hydrogens (primary N) is 1. The van der Waals surface area contributed by atoms with Crippen LogP contribution in [0.2, 0.25) is 0 Å². The SMILES string of the molecule is CC(=O)NCCNC(=O)c1cc(N)c(C)s1. The molecule has 0 radical (unpaired) electrons. The van der Waals surface area contributed by atoms with Gasteiger partial charge in [-0.05, 0) is 13.0 Å². The first kappa shape index (κ1) is 12.5. The van der Waals surface area contributed by atoms with Gasteiger partial charge in [-0.15, -0.1) is 11.3 Å². The van der Waals surface area contributed by atoms with Crippen LogP contribution in [0, 0.1) is 6.92 Å². The maximum Gasteiger partial charge on any atom is 0.261 e. The number of nitrogens with one attached hydrogen (secondary N) is 2. The summed E-state index contributed by atoms with van der Waals surface area (Å²) in [6, 6.07) is 1.66. The van der Waals surface area contributed by atoms with Crippen LogP contribution < -0.4 is 16.4 Å². The van der Waals surface area contributed by atoms with Crippen LogP contribution in [0.25, 0.3) is 0 Å². The fourth-order valence-electron chi connectivity index (χ4n) is 1.11. The number of thiophene rings is 1. The molecule has 4 N–H and O–H groups in total. The van der Waals surface area contributed by atoms with Crippen LogP contribution in [-0.4, -0.2) is 24.9 Å². The summed E-state index contributed by atoms with van der Waals surface area (Å²) in [6.07, 6.45) is 0. The summed E-state index contributed by atoms with van der Waals surface area (Å²) in [5.41, 5.74) is 6.28. The minimum atomic E-state index is -0.157. The number of nitrogen functional groups attached to an aromatic ring is 1. The largest absolute Gasteiger partial charge is 0.398 e. The van der Waals surface area contributed by atoms with Crippen molar-refractivity contribution in [2.24, 2.45) is 0 Å². The molecule has 1 aromatic rings. The topological polar surface area (TPSA) is 84.2 Å². The molecule has 0 spiro atoms. The number of amides is 2. The first-order valence-electron chi connectivity index (χ1n) is 4.89. The van der Waals surface area contributed by atoms with Crippen LogP contribution in [0.5, 0.6) is 0 Å². The molecule has 5 nitrogen and oxygen atoms in total. The molecule has 0 fully saturated rings. The highest BCUT2D eigenvalue weighted by Gasteiger charge is 2.09. The molecule has 0 atom stereocenters. The summed E-state index contributed by atoms with van der Waals surface area (Å²) >= 11 is 1.36. The minimum Gasteiger partial charge on any atom is -0.398 e. The van der Waals surface area contributed by atoms with E-state index in [9.17, 15) is 9.59 Å². The van der Waals surface area contributed by atoms with Crippen molar-refractivity contribution in [2.75, 3.05) is 18.8 Å². The third-order valence-corrected chi connectivity index (χ3v) is 3.03. The standard InChI is InChI=1S/C10H15N3O2S/c1-6-8(11)5-9(16-6)10(15)13-4-3-12-7(2)14/h5H,3-4,11H2,1-2H3,(H,12,14)(H,13,15). The van der Waals surface area contributed by atoms with E-state index in [2.05, 4.69) is 10.6 Å². The Morgan fingerprint density at radius 3 is 2.50 bits per heavy atom. The monoisotopic (exact) mass is 241 g/mol. The lowest BCUT2D eigenvalue weighted by atomic mass is 10.3. The van der Waals surface area contributed by atoms with Gasteiger partial charge in [0.15, 0.2) is 0 Å². The number of rotatable bonds is 4. The van der Waals surface area contributed by atoms with E-state index in [1.807, 2.05) is 6.92 Å². The van der Waals surface area contributed by atoms with E-state index in [1.54, 1.807) is 6.07 Å². The Balaban J connectivity index is 2.38. The molecule has 0 unspecified atom stereocenters. The fourth-order valence-corrected chi connectivity index (χ4v) is 1.97. The molecule has 2 amide bonds. The van der Waals surface area contributed by atoms with Crippen LogP contribution >= 0.6 is 11.3 Å². The van der Waals surface area contributed by atoms with Gasteiger partial charge in [-0.25, -0.2) is 0 Å². The average Bonchev–Trinajstić information content (AvgIpc) is 2.54. The predicted octanol–water partition coefficient (Wildman–Crippen LogP) is 0.505. The second kappa shape index (κ2) is 5.50. The van der Waals surface area contributed by atoms with Gasteiger partial charge in [-0.2, -0.15) is 0 Å². The van der Waals surface area contributed by atoms with Gasteiger partial charge >= 0.3 is 0 Å². The van der Waals surface area contributed by atoms with Crippen molar-refractivity contribution in [3.63, 3.8) is 0 Å². The summed E-state index contributed by atoms with van der Waals surface area (Å²) in [6.45, 7) is 4.15. The van der Waals surface area contributed by atoms with Gasteiger partial charge in [-0.1, -0.05) is 0 Å². The van der Waals surface area contributed by atoms with Crippen LogP contribution in [0.15, 0.2) is 6.07 Å². The van der Waals surface area contributed by atoms with E-state index >= 15 is 0 Å². The van der Waals surface area contributed by atoms with Crippen LogP contribution in [0.1, 0.15) is 21.5 Å². The van der Waals surface area contributed by atoms with Gasteiger partial charge in [0.2, 0.25) is 5.91 Å². The lowest BCUT2D eigenvalue weighted by molar-refractivity contribution is -0.118. The lowest BCUT2D eigenvalue weighted by Gasteiger charge is -2.03. The first-order valence-corrected chi connectivity index (χ1v) is 5.71. The summed E-state index contributed by atoms with van der Waals surface area (Å²) in [5.74, 6) is -0.263. The third-order valence-electron chi connectivity index (χ3n) is 1.96. The molecular weight excluding hydrogens is 226 g/mol. The Hall–Kier alpha value is -1.56. The molecule has 0 saturated carbocycles. The highest BCUT2D eigenvalue weighted by atomic mass is 32.1. The molecular formula is C10H15N3O2S. The van der Waals surface area contributed by atoms with Gasteiger partial charge in [-0.3, -0.25) is 9.59 Å². The molecule has 6 heteroatoms. The van der Waals surface area contributed by atoms with E-state index in [-0.39, 0.29) is 11.8 Å². The van der Waals surface area contributed by atoms with E-state index in [4.69, 9.17) is 5.73 Å². The van der Waals surface area contributed by atoms with Crippen molar-refractivity contribution >= 4 is 28.8 Å². The Morgan fingerprint density at radius 1 is 1.38 bits per heavy atom. The van der Waals surface area contributed by atoms with Gasteiger partial charge in [0.25, 0.3) is 5.91 Å². The summed E-state index contributed by atoms with van der Waals surface area (Å²) < 4.78 is 0. The quantitative estimate of drug-likeness (QED) is 0.671. The number of carbonyl (C=O) groups is 2. The molecule has 1 rings (SSSR count). The van der Waals surface area contributed by atoms with E-state index in [0.717, 1.165) is 4.88 Å². The predicted molar refractivity (Wildman–Crippen MR) is 64.5 cm³/mol. The zero-order valence-corrected chi connectivity index (χ0v) is 10.1. The molecule has 1 heterocycles. The maximum atomic E-state index is 11.6. The number of carbonyl (C=O) groups excluding carboxylic acids is 2. The first-order chi connectivity index (χ1) is 7.50. The minimum absolute atomic E-state index is 0.106. The van der Waals surface area contributed by atoms with E-state index < -0.39 is 0 Å². The molecule has 88 valence electrons. The second-order valence-electron chi connectivity index (χ2n) is 3.36. The van der Waals surface area contributed by atoms with Crippen molar-refractivity contribution in [1.82, 2.24) is 10.6 Å². The Kier molecular flexibility index (Phi) is 4.30. The van der Waals surface area contributed by atoms with Crippen molar-refractivity contribution in [2.45, 2.75) is 13.8 Å². The summed E-state index contributed by atoms with van der Waals surface area (Å²) in [7, 11) is 0. The third kappa shape index (κ3) is 3.54. The molecule has 16 heavy (non-hydrogen) atoms. The Labute approximate surface area is 98.0 Å². The van der Waals surface area contributed by atoms with Crippen LogP contribution in [0.4, 0.5) is 5.69 Å². The Bertz CT molecular complexity index is 381. The second-order valence-corrected chi connectivity index (χ2v) is 4.62. The molecule has 0 aliphatic carbocycles. The molecule has 0 saturated heterocycles. The van der Waals surface area contributed by atoms with Gasteiger partial charge in [0.05, 0.1) is 4.88 Å². The van der Waals surface area contributed by atoms with Crippen molar-refractivity contribution < 1.29 is 9.59 Å². The summed E-state index contributed by atoms with van der Waals surface area (Å²) in [4.78, 5) is 23.7. The lowest BCUT2D eigenvalue weighted by Crippen LogP contribution is -2.33. The van der Waals surface area contributed by atoms with Crippen molar-refractivity contribution in [3.8, 4) is 0 Å². The fraction of sp³-hybridized carbons (Fsp3) is 0.400. The molecule has 0 bridgehead atoms. The molecule has 1 aromatic heterocycles. The molecule has 0 aromatic carbocycles. The maximum absolute atomic E-state index is 11.6. The molecule has 0 aliphatic rings. The van der Waals surface area contributed by atoms with Gasteiger partial charge < -0.3 is 16.4 Å². The van der Waals surface area contributed by atoms with E-state index in [0.29, 0.717) is 23.7 Å². The van der Waals surface area contributed by atoms with Crippen molar-refractivity contribution in [3.05, 3.63) is 15.8 Å². The van der Waals surface area contributed by atoms with Crippen LogP contribution in [0.3, 0.4) is 0 Å². The zero-order chi connectivity index (χ0) is 12.1. The summed E-state index contributed by atoms with van der Waals surface area (Å²) in [5, 5.41) is 5.29. The average molecular weight is 241 g/mol. The number of aryl methyl sites for hydroxylation is 1. The number of anilines is 1. The highest BCUT2D eigenvalue weighted by molar-refractivity contribution is 7.14. The zero-order valence-electron chi connectivity index (χ0n) is 9.29. The Morgan fingerprint density at radius 2 is 2.00 bits per heavy atom. The van der Waals surface area contributed by atoms with Crippen LogP contribution in [-0.2, 0) is 4.79 Å².